The summed E-state index contributed by atoms with van der Waals surface area (Å²) in [6, 6.07) is 0. The molecule has 0 atom stereocenters. The van der Waals surface area contributed by atoms with Crippen LogP contribution in [0.1, 0.15) is 12.8 Å². The second-order valence-corrected chi connectivity index (χ2v) is 4.27. The minimum atomic E-state index is 0.0170. The molecule has 0 N–H and O–H groups in total. The van der Waals surface area contributed by atoms with Gasteiger partial charge in [-0.25, -0.2) is 4.31 Å². The molecule has 1 saturated heterocycles. The molecule has 0 spiro atoms. The lowest BCUT2D eigenvalue weighted by Gasteiger charge is -2.46. The van der Waals surface area contributed by atoms with E-state index >= 15 is 0 Å². The highest BCUT2D eigenvalue weighted by atomic mass is 32.1. The summed E-state index contributed by atoms with van der Waals surface area (Å²) in [4.78, 5) is 4.46. The Morgan fingerprint density at radius 1 is 1.17 bits per heavy atom. The zero-order valence-electron chi connectivity index (χ0n) is 8.41. The van der Waals surface area contributed by atoms with Crippen LogP contribution in [-0.4, -0.2) is 54.6 Å². The molecule has 1 heterocycles. The summed E-state index contributed by atoms with van der Waals surface area (Å²) >= 11 is 4.50. The summed E-state index contributed by atoms with van der Waals surface area (Å²) in [6.45, 7) is 1.07. The molecule has 0 aliphatic carbocycles. The normalized spacial score (nSPS) is 24.2. The lowest BCUT2D eigenvalue weighted by molar-refractivity contribution is -0.0591. The van der Waals surface area contributed by atoms with Crippen LogP contribution in [0.5, 0.6) is 0 Å². The van der Waals surface area contributed by atoms with Gasteiger partial charge in [0.25, 0.3) is 0 Å². The van der Waals surface area contributed by atoms with Gasteiger partial charge in [0.05, 0.1) is 0 Å². The summed E-state index contributed by atoms with van der Waals surface area (Å²) in [5, 5.41) is 0. The minimum Gasteiger partial charge on any atom is -0.278 e. The lowest BCUT2D eigenvalue weighted by Crippen LogP contribution is -2.60. The second-order valence-electron chi connectivity index (χ2n) is 3.79. The van der Waals surface area contributed by atoms with Crippen molar-refractivity contribution in [2.75, 3.05) is 34.7 Å². The molecule has 0 bridgehead atoms. The van der Waals surface area contributed by atoms with Crippen LogP contribution in [0.2, 0.25) is 0 Å². The molecule has 0 aromatic rings. The average Bonchev–Trinajstić information content (AvgIpc) is 2.31. The molecule has 1 fully saturated rings. The molecule has 0 saturated carbocycles. The van der Waals surface area contributed by atoms with E-state index in [0.29, 0.717) is 0 Å². The molecule has 0 amide bonds. The SMILES string of the molecule is CN(C)C1(N(C)C)CCCN1S. The van der Waals surface area contributed by atoms with Gasteiger partial charge in [-0.2, -0.15) is 0 Å². The van der Waals surface area contributed by atoms with Gasteiger partial charge in [0.15, 0.2) is 0 Å². The highest BCUT2D eigenvalue weighted by Crippen LogP contribution is 2.33. The molecule has 4 heteroatoms. The maximum absolute atomic E-state index is 4.50. The van der Waals surface area contributed by atoms with Crippen molar-refractivity contribution in [3.63, 3.8) is 0 Å². The number of nitrogens with zero attached hydrogens (tertiary/aromatic N) is 3. The second kappa shape index (κ2) is 3.54. The van der Waals surface area contributed by atoms with Crippen molar-refractivity contribution < 1.29 is 0 Å². The molecular formula is C8H19N3S. The van der Waals surface area contributed by atoms with Crippen LogP contribution in [0, 0.1) is 0 Å². The van der Waals surface area contributed by atoms with Gasteiger partial charge in [-0.3, -0.25) is 9.80 Å². The maximum Gasteiger partial charge on any atom is 0.139 e. The highest BCUT2D eigenvalue weighted by molar-refractivity contribution is 7.77. The van der Waals surface area contributed by atoms with Gasteiger partial charge in [0.1, 0.15) is 5.79 Å². The fraction of sp³-hybridized carbons (Fsp3) is 1.00. The smallest absolute Gasteiger partial charge is 0.139 e. The first-order chi connectivity index (χ1) is 5.51. The number of thiol groups is 1. The third-order valence-electron chi connectivity index (χ3n) is 2.73. The van der Waals surface area contributed by atoms with Gasteiger partial charge < -0.3 is 0 Å². The molecule has 0 aromatic heterocycles. The third kappa shape index (κ3) is 1.37. The molecule has 3 nitrogen and oxygen atoms in total. The Kier molecular flexibility index (Phi) is 3.04. The van der Waals surface area contributed by atoms with Crippen LogP contribution < -0.4 is 0 Å². The van der Waals surface area contributed by atoms with Crippen LogP contribution in [0.4, 0.5) is 0 Å². The van der Waals surface area contributed by atoms with E-state index in [4.69, 9.17) is 0 Å². The first kappa shape index (κ1) is 10.3. The molecular weight excluding hydrogens is 170 g/mol. The fourth-order valence-corrected chi connectivity index (χ4v) is 2.68. The lowest BCUT2D eigenvalue weighted by atomic mass is 10.2. The zero-order chi connectivity index (χ0) is 9.35. The number of hydrogen-bond donors (Lipinski definition) is 1. The standard InChI is InChI=1S/C8H19N3S/c1-9(2)8(10(3)4)6-5-7-11(8)12/h12H,5-7H2,1-4H3. The van der Waals surface area contributed by atoms with Gasteiger partial charge in [-0.15, -0.1) is 0 Å². The van der Waals surface area contributed by atoms with Gasteiger partial charge in [0, 0.05) is 6.54 Å². The Morgan fingerprint density at radius 2 is 1.67 bits per heavy atom. The van der Waals surface area contributed by atoms with Gasteiger partial charge in [-0.05, 0) is 41.0 Å². The third-order valence-corrected chi connectivity index (χ3v) is 3.25. The Hall–Kier alpha value is 0.230. The van der Waals surface area contributed by atoms with Crippen LogP contribution in [0.25, 0.3) is 0 Å². The van der Waals surface area contributed by atoms with Crippen molar-refractivity contribution in [3.05, 3.63) is 0 Å². The molecule has 1 aliphatic heterocycles. The minimum absolute atomic E-state index is 0.0170. The Morgan fingerprint density at radius 3 is 1.83 bits per heavy atom. The van der Waals surface area contributed by atoms with Gasteiger partial charge in [-0.1, -0.05) is 12.8 Å². The van der Waals surface area contributed by atoms with Crippen molar-refractivity contribution in [3.8, 4) is 0 Å². The summed E-state index contributed by atoms with van der Waals surface area (Å²) in [5.74, 6) is 0.0170. The molecule has 0 radical (unpaired) electrons. The Balaban J connectivity index is 2.85. The van der Waals surface area contributed by atoms with E-state index in [0.717, 1.165) is 13.0 Å². The van der Waals surface area contributed by atoms with E-state index in [9.17, 15) is 0 Å². The first-order valence-electron chi connectivity index (χ1n) is 4.33. The summed E-state index contributed by atoms with van der Waals surface area (Å²) in [5.41, 5.74) is 0. The summed E-state index contributed by atoms with van der Waals surface area (Å²) in [7, 11) is 8.42. The van der Waals surface area contributed by atoms with Crippen molar-refractivity contribution >= 4 is 12.8 Å². The van der Waals surface area contributed by atoms with Crippen molar-refractivity contribution in [1.82, 2.24) is 14.1 Å². The van der Waals surface area contributed by atoms with Crippen LogP contribution in [0.3, 0.4) is 0 Å². The molecule has 0 aromatic carbocycles. The number of hydrogen-bond acceptors (Lipinski definition) is 4. The molecule has 1 rings (SSSR count). The first-order valence-corrected chi connectivity index (χ1v) is 4.73. The summed E-state index contributed by atoms with van der Waals surface area (Å²) in [6.07, 6.45) is 2.39. The van der Waals surface area contributed by atoms with E-state index in [1.54, 1.807) is 0 Å². The monoisotopic (exact) mass is 189 g/mol. The van der Waals surface area contributed by atoms with Crippen molar-refractivity contribution in [1.29, 1.82) is 0 Å². The van der Waals surface area contributed by atoms with Crippen LogP contribution in [-0.2, 0) is 0 Å². The van der Waals surface area contributed by atoms with Crippen LogP contribution in [0.15, 0.2) is 0 Å². The van der Waals surface area contributed by atoms with Crippen molar-refractivity contribution in [2.24, 2.45) is 0 Å². The number of rotatable bonds is 2. The van der Waals surface area contributed by atoms with E-state index in [2.05, 4.69) is 55.1 Å². The molecule has 72 valence electrons. The summed E-state index contributed by atoms with van der Waals surface area (Å²) < 4.78 is 2.12. The van der Waals surface area contributed by atoms with Crippen molar-refractivity contribution in [2.45, 2.75) is 18.6 Å². The van der Waals surface area contributed by atoms with E-state index in [-0.39, 0.29) is 5.79 Å². The Bertz CT molecular complexity index is 150. The Labute approximate surface area is 80.9 Å². The van der Waals surface area contributed by atoms with E-state index in [1.165, 1.54) is 6.42 Å². The zero-order valence-corrected chi connectivity index (χ0v) is 9.30. The maximum atomic E-state index is 4.50. The predicted octanol–water partition coefficient (Wildman–Crippen LogP) is 0.704. The molecule has 1 aliphatic rings. The predicted molar refractivity (Wildman–Crippen MR) is 55.0 cm³/mol. The van der Waals surface area contributed by atoms with Gasteiger partial charge >= 0.3 is 0 Å². The average molecular weight is 189 g/mol. The largest absolute Gasteiger partial charge is 0.278 e. The highest BCUT2D eigenvalue weighted by Gasteiger charge is 2.43. The fourth-order valence-electron chi connectivity index (χ4n) is 2.08. The van der Waals surface area contributed by atoms with Gasteiger partial charge in [0.2, 0.25) is 0 Å². The van der Waals surface area contributed by atoms with Crippen LogP contribution >= 0.6 is 12.8 Å². The topological polar surface area (TPSA) is 9.72 Å². The van der Waals surface area contributed by atoms with E-state index in [1.807, 2.05) is 0 Å². The molecule has 12 heavy (non-hydrogen) atoms. The quantitative estimate of drug-likeness (QED) is 0.506. The molecule has 0 unspecified atom stereocenters. The van der Waals surface area contributed by atoms with E-state index < -0.39 is 0 Å².